The number of phenols is 2. The first-order chi connectivity index (χ1) is 8.42. The van der Waals surface area contributed by atoms with Gasteiger partial charge >= 0.3 is 0 Å². The number of benzene rings is 1. The van der Waals surface area contributed by atoms with Gasteiger partial charge in [-0.3, -0.25) is 0 Å². The third kappa shape index (κ3) is 4.39. The van der Waals surface area contributed by atoms with Crippen molar-refractivity contribution in [3.8, 4) is 11.5 Å². The van der Waals surface area contributed by atoms with Crippen LogP contribution >= 0.6 is 0 Å². The van der Waals surface area contributed by atoms with E-state index in [4.69, 9.17) is 0 Å². The Labute approximate surface area is 119 Å². The Balaban J connectivity index is 3.25. The van der Waals surface area contributed by atoms with E-state index in [2.05, 4.69) is 52.3 Å². The Morgan fingerprint density at radius 1 is 1.00 bits per heavy atom. The van der Waals surface area contributed by atoms with Gasteiger partial charge in [0.05, 0.1) is 8.07 Å². The van der Waals surface area contributed by atoms with Crippen LogP contribution in [0.5, 0.6) is 11.5 Å². The highest BCUT2D eigenvalue weighted by atomic mass is 28.3. The molecule has 19 heavy (non-hydrogen) atoms. The van der Waals surface area contributed by atoms with Gasteiger partial charge in [-0.2, -0.15) is 0 Å². The summed E-state index contributed by atoms with van der Waals surface area (Å²) in [5, 5.41) is 20.1. The summed E-state index contributed by atoms with van der Waals surface area (Å²) in [6, 6.07) is 4.87. The second-order valence-corrected chi connectivity index (χ2v) is 19.0. The van der Waals surface area contributed by atoms with Crippen LogP contribution in [0.3, 0.4) is 0 Å². The highest BCUT2D eigenvalue weighted by molar-refractivity contribution is 6.77. The van der Waals surface area contributed by atoms with E-state index in [-0.39, 0.29) is 11.5 Å². The topological polar surface area (TPSA) is 40.5 Å². The van der Waals surface area contributed by atoms with E-state index >= 15 is 0 Å². The van der Waals surface area contributed by atoms with Gasteiger partial charge in [-0.05, 0) is 28.8 Å². The van der Waals surface area contributed by atoms with Crippen molar-refractivity contribution >= 4 is 16.1 Å². The fraction of sp³-hybridized carbons (Fsp3) is 0.600. The van der Waals surface area contributed by atoms with E-state index in [0.29, 0.717) is 5.54 Å². The summed E-state index contributed by atoms with van der Waals surface area (Å²) >= 11 is 0. The van der Waals surface area contributed by atoms with Gasteiger partial charge < -0.3 is 10.2 Å². The summed E-state index contributed by atoms with van der Waals surface area (Å²) in [6.45, 7) is 16.0. The van der Waals surface area contributed by atoms with Gasteiger partial charge in [0.1, 0.15) is 0 Å². The van der Waals surface area contributed by atoms with Crippen molar-refractivity contribution < 1.29 is 10.2 Å². The molecule has 0 saturated heterocycles. The molecule has 1 aromatic carbocycles. The fourth-order valence-electron chi connectivity index (χ4n) is 2.21. The summed E-state index contributed by atoms with van der Waals surface area (Å²) in [4.78, 5) is 0. The summed E-state index contributed by atoms with van der Waals surface area (Å²) in [7, 11) is -2.62. The molecule has 2 nitrogen and oxygen atoms in total. The highest BCUT2D eigenvalue weighted by Gasteiger charge is 2.28. The molecule has 0 heterocycles. The SMILES string of the molecule is CC(c1cc(C[Si](C)(C)C)cc(O)c1O)[Si](C)(C)C. The van der Waals surface area contributed by atoms with Gasteiger partial charge in [0.2, 0.25) is 0 Å². The Hall–Kier alpha value is -0.746. The fourth-order valence-corrected chi connectivity index (χ4v) is 4.79. The maximum absolute atomic E-state index is 10.1. The Bertz CT molecular complexity index is 456. The lowest BCUT2D eigenvalue weighted by molar-refractivity contribution is 0.398. The van der Waals surface area contributed by atoms with Crippen LogP contribution in [0, 0.1) is 0 Å². The Kier molecular flexibility index (Phi) is 4.57. The zero-order chi connectivity index (χ0) is 15.0. The molecule has 0 bridgehead atoms. The summed E-state index contributed by atoms with van der Waals surface area (Å²) in [6.07, 6.45) is 0. The van der Waals surface area contributed by atoms with E-state index in [1.54, 1.807) is 6.07 Å². The van der Waals surface area contributed by atoms with E-state index in [0.717, 1.165) is 17.2 Å². The summed E-state index contributed by atoms with van der Waals surface area (Å²) in [5.74, 6) is 0.116. The summed E-state index contributed by atoms with van der Waals surface area (Å²) < 4.78 is 0. The van der Waals surface area contributed by atoms with Crippen LogP contribution in [-0.4, -0.2) is 26.4 Å². The number of rotatable bonds is 4. The normalized spacial score (nSPS) is 14.5. The van der Waals surface area contributed by atoms with Crippen LogP contribution < -0.4 is 0 Å². The molecule has 0 fully saturated rings. The van der Waals surface area contributed by atoms with Gasteiger partial charge in [0.25, 0.3) is 0 Å². The first-order valence-corrected chi connectivity index (χ1v) is 14.2. The van der Waals surface area contributed by atoms with Crippen molar-refractivity contribution in [3.05, 3.63) is 23.3 Å². The number of hydrogen-bond donors (Lipinski definition) is 2. The molecule has 1 aromatic rings. The minimum Gasteiger partial charge on any atom is -0.504 e. The summed E-state index contributed by atoms with van der Waals surface area (Å²) in [5.41, 5.74) is 2.42. The molecule has 0 aliphatic rings. The van der Waals surface area contributed by atoms with Gasteiger partial charge in [-0.1, -0.05) is 52.3 Å². The van der Waals surface area contributed by atoms with Crippen molar-refractivity contribution in [1.82, 2.24) is 0 Å². The van der Waals surface area contributed by atoms with Gasteiger partial charge in [-0.15, -0.1) is 0 Å². The number of hydrogen-bond acceptors (Lipinski definition) is 2. The Morgan fingerprint density at radius 3 is 1.95 bits per heavy atom. The predicted octanol–water partition coefficient (Wildman–Crippen LogP) is 4.50. The van der Waals surface area contributed by atoms with Gasteiger partial charge in [0, 0.05) is 8.07 Å². The third-order valence-corrected chi connectivity index (χ3v) is 8.06. The standard InChI is InChI=1S/C15H28O2Si2/c1-11(19(5,6)7)13-8-12(10-18(2,3)4)9-14(16)15(13)17/h8-9,11,16-17H,10H2,1-7H3. The zero-order valence-electron chi connectivity index (χ0n) is 13.3. The maximum Gasteiger partial charge on any atom is 0.160 e. The molecule has 0 spiro atoms. The van der Waals surface area contributed by atoms with Crippen LogP contribution in [0.1, 0.15) is 23.6 Å². The molecule has 1 rings (SSSR count). The molecular formula is C15H28O2Si2. The van der Waals surface area contributed by atoms with Gasteiger partial charge in [0.15, 0.2) is 11.5 Å². The molecule has 1 atom stereocenters. The molecule has 0 saturated carbocycles. The number of phenolic OH excluding ortho intramolecular Hbond substituents is 2. The Morgan fingerprint density at radius 2 is 1.53 bits per heavy atom. The maximum atomic E-state index is 10.1. The molecule has 0 aliphatic carbocycles. The monoisotopic (exact) mass is 296 g/mol. The second-order valence-electron chi connectivity index (χ2n) is 7.88. The quantitative estimate of drug-likeness (QED) is 0.634. The van der Waals surface area contributed by atoms with E-state index in [1.807, 2.05) is 0 Å². The minimum atomic E-state index is -1.40. The van der Waals surface area contributed by atoms with Crippen LogP contribution in [0.4, 0.5) is 0 Å². The van der Waals surface area contributed by atoms with Crippen molar-refractivity contribution in [2.24, 2.45) is 0 Å². The largest absolute Gasteiger partial charge is 0.504 e. The predicted molar refractivity (Wildman–Crippen MR) is 88.6 cm³/mol. The lowest BCUT2D eigenvalue weighted by atomic mass is 10.1. The average Bonchev–Trinajstić information content (AvgIpc) is 2.18. The lowest BCUT2D eigenvalue weighted by Crippen LogP contribution is -2.29. The van der Waals surface area contributed by atoms with E-state index < -0.39 is 16.1 Å². The van der Waals surface area contributed by atoms with Gasteiger partial charge in [-0.25, -0.2) is 0 Å². The first kappa shape index (κ1) is 16.3. The van der Waals surface area contributed by atoms with Crippen molar-refractivity contribution in [2.45, 2.75) is 57.8 Å². The van der Waals surface area contributed by atoms with E-state index in [9.17, 15) is 10.2 Å². The van der Waals surface area contributed by atoms with Crippen molar-refractivity contribution in [1.29, 1.82) is 0 Å². The molecule has 0 radical (unpaired) electrons. The smallest absolute Gasteiger partial charge is 0.160 e. The number of aromatic hydroxyl groups is 2. The van der Waals surface area contributed by atoms with Crippen LogP contribution in [0.15, 0.2) is 12.1 Å². The zero-order valence-corrected chi connectivity index (χ0v) is 15.3. The third-order valence-electron chi connectivity index (χ3n) is 3.68. The lowest BCUT2D eigenvalue weighted by Gasteiger charge is -2.27. The minimum absolute atomic E-state index is 0.0378. The molecule has 0 aliphatic heterocycles. The van der Waals surface area contributed by atoms with Crippen molar-refractivity contribution in [2.75, 3.05) is 0 Å². The van der Waals surface area contributed by atoms with Crippen LogP contribution in [0.2, 0.25) is 39.3 Å². The van der Waals surface area contributed by atoms with Crippen LogP contribution in [0.25, 0.3) is 0 Å². The highest BCUT2D eigenvalue weighted by Crippen LogP contribution is 2.39. The van der Waals surface area contributed by atoms with Crippen molar-refractivity contribution in [3.63, 3.8) is 0 Å². The van der Waals surface area contributed by atoms with Crippen LogP contribution in [-0.2, 0) is 6.04 Å². The molecule has 2 N–H and O–H groups in total. The molecule has 4 heteroatoms. The molecule has 1 unspecified atom stereocenters. The average molecular weight is 297 g/mol. The molecule has 0 aromatic heterocycles. The first-order valence-electron chi connectivity index (χ1n) is 6.96. The molecule has 108 valence electrons. The molecule has 0 amide bonds. The second kappa shape index (κ2) is 5.33. The molecular weight excluding hydrogens is 268 g/mol. The van der Waals surface area contributed by atoms with E-state index in [1.165, 1.54) is 0 Å².